The summed E-state index contributed by atoms with van der Waals surface area (Å²) in [5.74, 6) is 0.0864. The molecular formula is C28H33N5O5. The number of benzene rings is 2. The fourth-order valence-corrected chi connectivity index (χ4v) is 4.29. The molecule has 0 saturated heterocycles. The molecule has 1 atom stereocenters. The van der Waals surface area contributed by atoms with E-state index in [-0.39, 0.29) is 36.3 Å². The minimum Gasteiger partial charge on any atom is -0.493 e. The predicted octanol–water partition coefficient (Wildman–Crippen LogP) is 2.69. The number of nitrogens with one attached hydrogen (secondary N) is 2. The third-order valence-electron chi connectivity index (χ3n) is 6.78. The number of aryl methyl sites for hydroxylation is 1. The zero-order valence-corrected chi connectivity index (χ0v) is 22.3. The number of aromatic nitrogens is 2. The van der Waals surface area contributed by atoms with Gasteiger partial charge in [0.25, 0.3) is 11.8 Å². The Morgan fingerprint density at radius 2 is 1.71 bits per heavy atom. The van der Waals surface area contributed by atoms with Crippen molar-refractivity contribution in [3.63, 3.8) is 0 Å². The Morgan fingerprint density at radius 1 is 1.03 bits per heavy atom. The van der Waals surface area contributed by atoms with Gasteiger partial charge in [-0.3, -0.25) is 19.1 Å². The van der Waals surface area contributed by atoms with E-state index in [1.807, 2.05) is 44.2 Å². The molecule has 1 aliphatic heterocycles. The van der Waals surface area contributed by atoms with Gasteiger partial charge in [-0.2, -0.15) is 5.10 Å². The fourth-order valence-electron chi connectivity index (χ4n) is 4.29. The second kappa shape index (κ2) is 11.0. The van der Waals surface area contributed by atoms with Crippen molar-refractivity contribution >= 4 is 17.7 Å². The van der Waals surface area contributed by atoms with Gasteiger partial charge in [0.2, 0.25) is 5.91 Å². The highest BCUT2D eigenvalue weighted by molar-refractivity contribution is 6.01. The van der Waals surface area contributed by atoms with E-state index in [9.17, 15) is 14.4 Å². The second-order valence-electron chi connectivity index (χ2n) is 9.48. The molecule has 2 N–H and O–H groups in total. The molecule has 3 amide bonds. The van der Waals surface area contributed by atoms with Gasteiger partial charge in [-0.25, -0.2) is 0 Å². The molecule has 1 aromatic heterocycles. The quantitative estimate of drug-likeness (QED) is 0.449. The molecule has 1 aliphatic rings. The largest absolute Gasteiger partial charge is 0.493 e. The van der Waals surface area contributed by atoms with E-state index in [1.165, 1.54) is 15.6 Å². The zero-order valence-electron chi connectivity index (χ0n) is 22.3. The molecule has 0 radical (unpaired) electrons. The second-order valence-corrected chi connectivity index (χ2v) is 9.48. The van der Waals surface area contributed by atoms with E-state index in [4.69, 9.17) is 9.47 Å². The van der Waals surface area contributed by atoms with Crippen molar-refractivity contribution < 1.29 is 23.9 Å². The number of hydrogen-bond donors (Lipinski definition) is 2. The molecule has 0 bridgehead atoms. The Bertz CT molecular complexity index is 1350. The molecule has 38 heavy (non-hydrogen) atoms. The normalized spacial score (nSPS) is 16.6. The zero-order chi connectivity index (χ0) is 27.4. The molecule has 0 spiro atoms. The van der Waals surface area contributed by atoms with Crippen LogP contribution in [0.5, 0.6) is 11.5 Å². The summed E-state index contributed by atoms with van der Waals surface area (Å²) < 4.78 is 12.3. The van der Waals surface area contributed by atoms with Crippen molar-refractivity contribution in [1.82, 2.24) is 25.3 Å². The van der Waals surface area contributed by atoms with Crippen molar-refractivity contribution in [2.75, 3.05) is 20.8 Å². The van der Waals surface area contributed by atoms with Crippen LogP contribution in [0.25, 0.3) is 0 Å². The number of amides is 3. The lowest BCUT2D eigenvalue weighted by Gasteiger charge is -2.40. The molecule has 10 heteroatoms. The van der Waals surface area contributed by atoms with Crippen molar-refractivity contribution in [1.29, 1.82) is 0 Å². The lowest BCUT2D eigenvalue weighted by atomic mass is 9.95. The molecular weight excluding hydrogens is 486 g/mol. The van der Waals surface area contributed by atoms with Crippen LogP contribution in [0.15, 0.2) is 48.5 Å². The average Bonchev–Trinajstić information content (AvgIpc) is 3.34. The standard InChI is InChI=1S/C28H33N5O5/c1-6-38-23-12-11-20(13-24(23)37-5)16-29-25(34)21-14-22-26(35)32(4)28(3,17-33(22)31-21)27(36)30-15-19-9-7-18(2)8-10-19/h7-14H,6,15-17H2,1-5H3,(H,29,34)(H,30,36)/t28-/m1/s1. The minimum atomic E-state index is -1.17. The first-order valence-electron chi connectivity index (χ1n) is 12.4. The van der Waals surface area contributed by atoms with E-state index in [2.05, 4.69) is 15.7 Å². The van der Waals surface area contributed by atoms with Gasteiger partial charge in [-0.1, -0.05) is 35.9 Å². The highest BCUT2D eigenvalue weighted by Crippen LogP contribution is 2.28. The number of carbonyl (C=O) groups excluding carboxylic acids is 3. The average molecular weight is 520 g/mol. The maximum Gasteiger partial charge on any atom is 0.272 e. The van der Waals surface area contributed by atoms with E-state index < -0.39 is 11.4 Å². The van der Waals surface area contributed by atoms with Crippen molar-refractivity contribution in [3.8, 4) is 11.5 Å². The highest BCUT2D eigenvalue weighted by Gasteiger charge is 2.46. The maximum absolute atomic E-state index is 13.2. The molecule has 4 rings (SSSR count). The fraction of sp³-hybridized carbons (Fsp3) is 0.357. The van der Waals surface area contributed by atoms with E-state index in [1.54, 1.807) is 33.2 Å². The molecule has 200 valence electrons. The number of nitrogens with zero attached hydrogens (tertiary/aromatic N) is 3. The number of rotatable bonds is 9. The molecule has 0 saturated carbocycles. The molecule has 2 heterocycles. The van der Waals surface area contributed by atoms with Crippen LogP contribution in [-0.4, -0.2) is 58.7 Å². The Balaban J connectivity index is 1.44. The third kappa shape index (κ3) is 5.34. The van der Waals surface area contributed by atoms with E-state index in [0.717, 1.165) is 16.7 Å². The number of methoxy groups -OCH3 is 1. The lowest BCUT2D eigenvalue weighted by Crippen LogP contribution is -2.62. The summed E-state index contributed by atoms with van der Waals surface area (Å²) in [6.07, 6.45) is 0. The Morgan fingerprint density at radius 3 is 2.39 bits per heavy atom. The molecule has 0 unspecified atom stereocenters. The topological polar surface area (TPSA) is 115 Å². The Hall–Kier alpha value is -4.34. The van der Waals surface area contributed by atoms with Crippen LogP contribution in [0.4, 0.5) is 0 Å². The summed E-state index contributed by atoms with van der Waals surface area (Å²) in [5.41, 5.74) is 2.09. The number of hydrogen-bond acceptors (Lipinski definition) is 6. The first kappa shape index (κ1) is 26.7. The van der Waals surface area contributed by atoms with Gasteiger partial charge in [0, 0.05) is 26.2 Å². The number of fused-ring (bicyclic) bond motifs is 1. The van der Waals surface area contributed by atoms with E-state index >= 15 is 0 Å². The maximum atomic E-state index is 13.2. The highest BCUT2D eigenvalue weighted by atomic mass is 16.5. The molecule has 0 aliphatic carbocycles. The summed E-state index contributed by atoms with van der Waals surface area (Å²) in [4.78, 5) is 40.6. The number of ether oxygens (including phenoxy) is 2. The summed E-state index contributed by atoms with van der Waals surface area (Å²) in [6, 6.07) is 14.7. The van der Waals surface area contributed by atoms with Gasteiger partial charge in [-0.15, -0.1) is 0 Å². The first-order valence-corrected chi connectivity index (χ1v) is 12.4. The van der Waals surface area contributed by atoms with Gasteiger partial charge < -0.3 is 25.0 Å². The van der Waals surface area contributed by atoms with Gasteiger partial charge in [0.1, 0.15) is 11.2 Å². The number of likely N-dealkylation sites (N-methyl/N-ethyl adjacent to an activating group) is 1. The Kier molecular flexibility index (Phi) is 7.70. The van der Waals surface area contributed by atoms with Crippen LogP contribution >= 0.6 is 0 Å². The van der Waals surface area contributed by atoms with Crippen molar-refractivity contribution in [3.05, 3.63) is 76.6 Å². The summed E-state index contributed by atoms with van der Waals surface area (Å²) in [5, 5.41) is 10.1. The van der Waals surface area contributed by atoms with Crippen LogP contribution in [0, 0.1) is 6.92 Å². The molecule has 3 aromatic rings. The Labute approximate surface area is 221 Å². The monoisotopic (exact) mass is 519 g/mol. The van der Waals surface area contributed by atoms with E-state index in [0.29, 0.717) is 24.7 Å². The number of carbonyl (C=O) groups is 3. The van der Waals surface area contributed by atoms with Crippen molar-refractivity contribution in [2.24, 2.45) is 0 Å². The van der Waals surface area contributed by atoms with Crippen molar-refractivity contribution in [2.45, 2.75) is 45.9 Å². The molecule has 2 aromatic carbocycles. The van der Waals surface area contributed by atoms with Crippen LogP contribution in [0.2, 0.25) is 0 Å². The van der Waals surface area contributed by atoms with Crippen LogP contribution in [0.1, 0.15) is 51.5 Å². The van der Waals surface area contributed by atoms with Gasteiger partial charge in [0.05, 0.1) is 20.3 Å². The lowest BCUT2D eigenvalue weighted by molar-refractivity contribution is -0.132. The van der Waals surface area contributed by atoms with Crippen LogP contribution < -0.4 is 20.1 Å². The minimum absolute atomic E-state index is 0.101. The summed E-state index contributed by atoms with van der Waals surface area (Å²) >= 11 is 0. The predicted molar refractivity (Wildman–Crippen MR) is 141 cm³/mol. The van der Waals surface area contributed by atoms with Crippen LogP contribution in [-0.2, 0) is 24.4 Å². The molecule has 0 fully saturated rings. The smallest absolute Gasteiger partial charge is 0.272 e. The van der Waals surface area contributed by atoms with Crippen LogP contribution in [0.3, 0.4) is 0 Å². The van der Waals surface area contributed by atoms with Gasteiger partial charge in [0.15, 0.2) is 17.2 Å². The molecule has 10 nitrogen and oxygen atoms in total. The summed E-state index contributed by atoms with van der Waals surface area (Å²) in [7, 11) is 3.14. The van der Waals surface area contributed by atoms with Gasteiger partial charge >= 0.3 is 0 Å². The van der Waals surface area contributed by atoms with Gasteiger partial charge in [-0.05, 0) is 44.0 Å². The first-order chi connectivity index (χ1) is 18.2. The summed E-state index contributed by atoms with van der Waals surface area (Å²) in [6.45, 7) is 6.79. The SMILES string of the molecule is CCOc1ccc(CNC(=O)c2cc3n(n2)C[C@](C)(C(=O)NCc2ccc(C)cc2)N(C)C3=O)cc1OC. The third-order valence-corrected chi connectivity index (χ3v) is 6.78.